The van der Waals surface area contributed by atoms with Gasteiger partial charge in [-0.2, -0.15) is 0 Å². The molecule has 20 heavy (non-hydrogen) atoms. The molecule has 0 aliphatic carbocycles. The molecule has 0 aliphatic heterocycles. The van der Waals surface area contributed by atoms with E-state index in [1.807, 2.05) is 0 Å². The highest BCUT2D eigenvalue weighted by Gasteiger charge is 2.15. The van der Waals surface area contributed by atoms with Crippen LogP contribution in [-0.2, 0) is 0 Å². The molecule has 1 atom stereocenters. The number of benzene rings is 1. The van der Waals surface area contributed by atoms with Crippen molar-refractivity contribution in [1.82, 2.24) is 10.2 Å². The van der Waals surface area contributed by atoms with Crippen molar-refractivity contribution in [2.45, 2.75) is 46.2 Å². The van der Waals surface area contributed by atoms with Gasteiger partial charge in [0.1, 0.15) is 0 Å². The maximum atomic E-state index is 3.50. The molecule has 0 spiro atoms. The van der Waals surface area contributed by atoms with Gasteiger partial charge in [-0.15, -0.1) is 0 Å². The smallest absolute Gasteiger partial charge is 0.0329 e. The summed E-state index contributed by atoms with van der Waals surface area (Å²) in [6.07, 6.45) is 1.14. The van der Waals surface area contributed by atoms with Gasteiger partial charge in [0, 0.05) is 29.6 Å². The molecule has 1 N–H and O–H groups in total. The van der Waals surface area contributed by atoms with Crippen LogP contribution >= 0.6 is 15.9 Å². The maximum Gasteiger partial charge on any atom is 0.0329 e. The monoisotopic (exact) mass is 340 g/mol. The average Bonchev–Trinajstić information content (AvgIpc) is 2.39. The highest BCUT2D eigenvalue weighted by atomic mass is 79.9. The average molecular weight is 341 g/mol. The minimum atomic E-state index is 0.427. The van der Waals surface area contributed by atoms with Crippen molar-refractivity contribution >= 4 is 15.9 Å². The molecular weight excluding hydrogens is 312 g/mol. The Morgan fingerprint density at radius 1 is 1.10 bits per heavy atom. The Hall–Kier alpha value is -0.380. The van der Waals surface area contributed by atoms with Gasteiger partial charge in [-0.1, -0.05) is 41.9 Å². The van der Waals surface area contributed by atoms with Gasteiger partial charge >= 0.3 is 0 Å². The molecule has 1 unspecified atom stereocenters. The van der Waals surface area contributed by atoms with E-state index in [-0.39, 0.29) is 0 Å². The fourth-order valence-corrected chi connectivity index (χ4v) is 2.76. The summed E-state index contributed by atoms with van der Waals surface area (Å²) in [5, 5.41) is 3.44. The molecular formula is C17H29BrN2. The van der Waals surface area contributed by atoms with Gasteiger partial charge in [0.25, 0.3) is 0 Å². The van der Waals surface area contributed by atoms with E-state index in [0.717, 1.165) is 23.4 Å². The first-order valence-corrected chi connectivity index (χ1v) is 8.40. The predicted octanol–water partition coefficient (Wildman–Crippen LogP) is 4.47. The summed E-state index contributed by atoms with van der Waals surface area (Å²) in [6.45, 7) is 11.5. The molecule has 1 aromatic rings. The molecule has 3 heteroatoms. The van der Waals surface area contributed by atoms with Gasteiger partial charge in [0.15, 0.2) is 0 Å². The second-order valence-electron chi connectivity index (χ2n) is 6.16. The Kier molecular flexibility index (Phi) is 7.78. The molecule has 0 saturated heterocycles. The van der Waals surface area contributed by atoms with Crippen LogP contribution in [0.3, 0.4) is 0 Å². The van der Waals surface area contributed by atoms with Crippen LogP contribution in [0.15, 0.2) is 28.7 Å². The van der Waals surface area contributed by atoms with E-state index in [1.165, 1.54) is 12.1 Å². The Morgan fingerprint density at radius 2 is 1.70 bits per heavy atom. The molecule has 0 amide bonds. The van der Waals surface area contributed by atoms with E-state index in [4.69, 9.17) is 0 Å². The van der Waals surface area contributed by atoms with Gasteiger partial charge in [0.2, 0.25) is 0 Å². The molecule has 114 valence electrons. The van der Waals surface area contributed by atoms with Crippen LogP contribution in [0.5, 0.6) is 0 Å². The molecule has 0 saturated carbocycles. The Balaban J connectivity index is 2.61. The van der Waals surface area contributed by atoms with Gasteiger partial charge in [-0.25, -0.2) is 0 Å². The normalized spacial score (nSPS) is 13.4. The van der Waals surface area contributed by atoms with Gasteiger partial charge in [0.05, 0.1) is 0 Å². The van der Waals surface area contributed by atoms with Crippen molar-refractivity contribution in [3.63, 3.8) is 0 Å². The van der Waals surface area contributed by atoms with E-state index in [9.17, 15) is 0 Å². The summed E-state index contributed by atoms with van der Waals surface area (Å²) in [5.41, 5.74) is 1.36. The molecule has 0 radical (unpaired) electrons. The summed E-state index contributed by atoms with van der Waals surface area (Å²) in [6, 6.07) is 9.68. The molecule has 0 heterocycles. The second-order valence-corrected chi connectivity index (χ2v) is 7.08. The van der Waals surface area contributed by atoms with E-state index in [0.29, 0.717) is 12.1 Å². The minimum Gasteiger partial charge on any atom is -0.313 e. The first-order valence-electron chi connectivity index (χ1n) is 7.60. The first-order chi connectivity index (χ1) is 9.43. The van der Waals surface area contributed by atoms with Crippen LogP contribution in [0.2, 0.25) is 0 Å². The lowest BCUT2D eigenvalue weighted by Gasteiger charge is -2.30. The molecule has 2 nitrogen and oxygen atoms in total. The van der Waals surface area contributed by atoms with Crippen molar-refractivity contribution in [2.24, 2.45) is 5.92 Å². The predicted molar refractivity (Wildman–Crippen MR) is 92.1 cm³/mol. The second kappa shape index (κ2) is 8.81. The zero-order chi connectivity index (χ0) is 15.1. The summed E-state index contributed by atoms with van der Waals surface area (Å²) in [7, 11) is 2.05. The number of rotatable bonds is 8. The zero-order valence-corrected chi connectivity index (χ0v) is 15.1. The van der Waals surface area contributed by atoms with Gasteiger partial charge in [-0.3, -0.25) is 0 Å². The SMILES string of the molecule is CNC(CCN(CC(C)C)C(C)C)c1ccc(Br)cc1. The highest BCUT2D eigenvalue weighted by molar-refractivity contribution is 9.10. The standard InChI is InChI=1S/C17H29BrN2/c1-13(2)12-20(14(3)4)11-10-17(19-5)15-6-8-16(18)9-7-15/h6-9,13-14,17,19H,10-12H2,1-5H3. The number of nitrogens with one attached hydrogen (secondary N) is 1. The van der Waals surface area contributed by atoms with Gasteiger partial charge < -0.3 is 10.2 Å². The van der Waals surface area contributed by atoms with E-state index in [1.54, 1.807) is 0 Å². The lowest BCUT2D eigenvalue weighted by molar-refractivity contribution is 0.188. The van der Waals surface area contributed by atoms with Crippen molar-refractivity contribution < 1.29 is 0 Å². The third-order valence-corrected chi connectivity index (χ3v) is 4.18. The Bertz CT molecular complexity index is 373. The quantitative estimate of drug-likeness (QED) is 0.751. The molecule has 0 bridgehead atoms. The number of hydrogen-bond donors (Lipinski definition) is 1. The third kappa shape index (κ3) is 5.94. The Labute approximate surface area is 133 Å². The zero-order valence-electron chi connectivity index (χ0n) is 13.5. The summed E-state index contributed by atoms with van der Waals surface area (Å²) < 4.78 is 1.14. The van der Waals surface area contributed by atoms with Crippen LogP contribution in [0.1, 0.15) is 45.7 Å². The molecule has 0 aliphatic rings. The minimum absolute atomic E-state index is 0.427. The summed E-state index contributed by atoms with van der Waals surface area (Å²) in [5.74, 6) is 0.720. The number of nitrogens with zero attached hydrogens (tertiary/aromatic N) is 1. The fraction of sp³-hybridized carbons (Fsp3) is 0.647. The fourth-order valence-electron chi connectivity index (χ4n) is 2.50. The van der Waals surface area contributed by atoms with Crippen LogP contribution in [0.25, 0.3) is 0 Å². The summed E-state index contributed by atoms with van der Waals surface area (Å²) >= 11 is 3.50. The highest BCUT2D eigenvalue weighted by Crippen LogP contribution is 2.20. The van der Waals surface area contributed by atoms with Crippen LogP contribution < -0.4 is 5.32 Å². The Morgan fingerprint density at radius 3 is 2.15 bits per heavy atom. The third-order valence-electron chi connectivity index (χ3n) is 3.66. The van der Waals surface area contributed by atoms with E-state index >= 15 is 0 Å². The van der Waals surface area contributed by atoms with Crippen LogP contribution in [0, 0.1) is 5.92 Å². The van der Waals surface area contributed by atoms with Crippen molar-refractivity contribution in [3.8, 4) is 0 Å². The van der Waals surface area contributed by atoms with Crippen LogP contribution in [-0.4, -0.2) is 31.1 Å². The lowest BCUT2D eigenvalue weighted by atomic mass is 10.0. The van der Waals surface area contributed by atoms with Crippen LogP contribution in [0.4, 0.5) is 0 Å². The largest absolute Gasteiger partial charge is 0.313 e. The molecule has 0 aromatic heterocycles. The van der Waals surface area contributed by atoms with Crippen molar-refractivity contribution in [2.75, 3.05) is 20.1 Å². The van der Waals surface area contributed by atoms with E-state index in [2.05, 4.69) is 85.2 Å². The topological polar surface area (TPSA) is 15.3 Å². The molecule has 1 rings (SSSR count). The van der Waals surface area contributed by atoms with Crippen molar-refractivity contribution in [3.05, 3.63) is 34.3 Å². The first kappa shape index (κ1) is 17.7. The maximum absolute atomic E-state index is 3.50. The lowest BCUT2D eigenvalue weighted by Crippen LogP contribution is -2.36. The van der Waals surface area contributed by atoms with E-state index < -0.39 is 0 Å². The van der Waals surface area contributed by atoms with Gasteiger partial charge in [-0.05, 0) is 50.9 Å². The number of halogens is 1. The number of hydrogen-bond acceptors (Lipinski definition) is 2. The molecule has 1 aromatic carbocycles. The van der Waals surface area contributed by atoms with Crippen molar-refractivity contribution in [1.29, 1.82) is 0 Å². The molecule has 0 fully saturated rings. The summed E-state index contributed by atoms with van der Waals surface area (Å²) in [4.78, 5) is 2.58.